The Morgan fingerprint density at radius 2 is 2.13 bits per heavy atom. The Balaban J connectivity index is 1.59. The lowest BCUT2D eigenvalue weighted by Gasteiger charge is -2.34. The standard InChI is InChI=1S/C24H35N5O2/c1-3-25-24(29-16-9-13-21(19-29)23(30)31-4-2)27-18-22-26-14-17-28(22)15-8-12-20-10-6-5-7-11-20/h5-7,10-11,14,17,21H,3-4,8-9,12-13,15-16,18-19H2,1-2H3,(H,25,27)/t21-/m0/s1. The van der Waals surface area contributed by atoms with Crippen molar-refractivity contribution in [2.45, 2.75) is 52.6 Å². The summed E-state index contributed by atoms with van der Waals surface area (Å²) < 4.78 is 7.42. The van der Waals surface area contributed by atoms with Crippen LogP contribution in [0.2, 0.25) is 0 Å². The van der Waals surface area contributed by atoms with E-state index in [9.17, 15) is 4.79 Å². The SMILES string of the molecule is CCNC(=NCc1nccn1CCCc1ccccc1)N1CCC[C@H](C(=O)OCC)C1. The maximum absolute atomic E-state index is 12.2. The summed E-state index contributed by atoms with van der Waals surface area (Å²) in [5.41, 5.74) is 1.36. The lowest BCUT2D eigenvalue weighted by molar-refractivity contribution is -0.149. The van der Waals surface area contributed by atoms with Crippen molar-refractivity contribution in [2.24, 2.45) is 10.9 Å². The summed E-state index contributed by atoms with van der Waals surface area (Å²) in [6.45, 7) is 8.11. The second-order valence-corrected chi connectivity index (χ2v) is 7.83. The Labute approximate surface area is 185 Å². The largest absolute Gasteiger partial charge is 0.466 e. The molecule has 2 aromatic rings. The van der Waals surface area contributed by atoms with Gasteiger partial charge in [0.05, 0.1) is 12.5 Å². The monoisotopic (exact) mass is 425 g/mol. The zero-order chi connectivity index (χ0) is 21.9. The third-order valence-electron chi connectivity index (χ3n) is 5.55. The molecule has 168 valence electrons. The molecule has 1 N–H and O–H groups in total. The van der Waals surface area contributed by atoms with Crippen LogP contribution in [-0.4, -0.2) is 52.6 Å². The number of esters is 1. The zero-order valence-corrected chi connectivity index (χ0v) is 18.8. The molecule has 0 aliphatic carbocycles. The molecule has 1 aliphatic rings. The molecule has 0 saturated carbocycles. The number of nitrogens with zero attached hydrogens (tertiary/aromatic N) is 4. The van der Waals surface area contributed by atoms with Crippen LogP contribution in [0.15, 0.2) is 47.7 Å². The van der Waals surface area contributed by atoms with E-state index in [2.05, 4.69) is 57.0 Å². The second kappa shape index (κ2) is 12.1. The molecule has 0 unspecified atom stereocenters. The van der Waals surface area contributed by atoms with Gasteiger partial charge in [0.15, 0.2) is 5.96 Å². The fourth-order valence-corrected chi connectivity index (χ4v) is 3.99. The van der Waals surface area contributed by atoms with E-state index in [1.165, 1.54) is 5.56 Å². The first-order valence-corrected chi connectivity index (χ1v) is 11.4. The van der Waals surface area contributed by atoms with Crippen molar-refractivity contribution in [1.29, 1.82) is 0 Å². The molecule has 2 heterocycles. The zero-order valence-electron chi connectivity index (χ0n) is 18.8. The smallest absolute Gasteiger partial charge is 0.310 e. The van der Waals surface area contributed by atoms with Crippen molar-refractivity contribution in [3.05, 3.63) is 54.1 Å². The van der Waals surface area contributed by atoms with Gasteiger partial charge in [-0.25, -0.2) is 9.98 Å². The number of aliphatic imine (C=N–C) groups is 1. The number of piperidine rings is 1. The predicted molar refractivity (Wildman–Crippen MR) is 123 cm³/mol. The van der Waals surface area contributed by atoms with Crippen LogP contribution in [0.1, 0.15) is 44.5 Å². The van der Waals surface area contributed by atoms with Crippen LogP contribution in [0, 0.1) is 5.92 Å². The van der Waals surface area contributed by atoms with Gasteiger partial charge in [-0.15, -0.1) is 0 Å². The van der Waals surface area contributed by atoms with Gasteiger partial charge in [-0.1, -0.05) is 30.3 Å². The minimum atomic E-state index is -0.1000. The molecule has 1 aromatic carbocycles. The number of likely N-dealkylation sites (tertiary alicyclic amines) is 1. The molecule has 0 radical (unpaired) electrons. The Morgan fingerprint density at radius 1 is 1.29 bits per heavy atom. The molecular weight excluding hydrogens is 390 g/mol. The highest BCUT2D eigenvalue weighted by Crippen LogP contribution is 2.18. The van der Waals surface area contributed by atoms with Gasteiger partial charge in [-0.05, 0) is 45.1 Å². The van der Waals surface area contributed by atoms with Crippen molar-refractivity contribution in [3.63, 3.8) is 0 Å². The van der Waals surface area contributed by atoms with Gasteiger partial charge >= 0.3 is 5.97 Å². The first-order valence-electron chi connectivity index (χ1n) is 11.4. The number of rotatable bonds is 9. The average Bonchev–Trinajstić information content (AvgIpc) is 3.25. The normalized spacial score (nSPS) is 16.9. The molecule has 7 heteroatoms. The number of benzene rings is 1. The maximum atomic E-state index is 12.2. The quantitative estimate of drug-likeness (QED) is 0.379. The second-order valence-electron chi connectivity index (χ2n) is 7.83. The Kier molecular flexibility index (Phi) is 8.94. The lowest BCUT2D eigenvalue weighted by atomic mass is 9.98. The molecule has 3 rings (SSSR count). The van der Waals surface area contributed by atoms with Gasteiger partial charge in [0.1, 0.15) is 12.4 Å². The molecule has 1 fully saturated rings. The first-order chi connectivity index (χ1) is 15.2. The number of guanidine groups is 1. The van der Waals surface area contributed by atoms with Crippen molar-refractivity contribution in [3.8, 4) is 0 Å². The van der Waals surface area contributed by atoms with Crippen LogP contribution in [0.5, 0.6) is 0 Å². The van der Waals surface area contributed by atoms with E-state index >= 15 is 0 Å². The van der Waals surface area contributed by atoms with Gasteiger partial charge < -0.3 is 19.5 Å². The Morgan fingerprint density at radius 3 is 2.90 bits per heavy atom. The number of aromatic nitrogens is 2. The average molecular weight is 426 g/mol. The summed E-state index contributed by atoms with van der Waals surface area (Å²) in [6, 6.07) is 10.6. The number of aryl methyl sites for hydroxylation is 2. The highest BCUT2D eigenvalue weighted by Gasteiger charge is 2.28. The number of hydrogen-bond donors (Lipinski definition) is 1. The van der Waals surface area contributed by atoms with Crippen molar-refractivity contribution in [2.75, 3.05) is 26.2 Å². The fraction of sp³-hybridized carbons (Fsp3) is 0.542. The maximum Gasteiger partial charge on any atom is 0.310 e. The van der Waals surface area contributed by atoms with Gasteiger partial charge in [-0.3, -0.25) is 4.79 Å². The molecule has 7 nitrogen and oxygen atoms in total. The topological polar surface area (TPSA) is 71.8 Å². The summed E-state index contributed by atoms with van der Waals surface area (Å²) in [7, 11) is 0. The van der Waals surface area contributed by atoms with E-state index in [1.807, 2.05) is 19.3 Å². The van der Waals surface area contributed by atoms with Crippen molar-refractivity contribution < 1.29 is 9.53 Å². The van der Waals surface area contributed by atoms with Gasteiger partial charge in [0.25, 0.3) is 0 Å². The summed E-state index contributed by atoms with van der Waals surface area (Å²) in [5, 5.41) is 3.38. The van der Waals surface area contributed by atoms with Gasteiger partial charge in [0, 0.05) is 38.6 Å². The van der Waals surface area contributed by atoms with Crippen LogP contribution in [0.3, 0.4) is 0 Å². The van der Waals surface area contributed by atoms with Crippen LogP contribution >= 0.6 is 0 Å². The van der Waals surface area contributed by atoms with Gasteiger partial charge in [0.2, 0.25) is 0 Å². The summed E-state index contributed by atoms with van der Waals surface area (Å²) in [4.78, 5) is 23.7. The first kappa shape index (κ1) is 22.8. The Hall–Kier alpha value is -2.83. The fourth-order valence-electron chi connectivity index (χ4n) is 3.99. The lowest BCUT2D eigenvalue weighted by Crippen LogP contribution is -2.48. The number of nitrogens with one attached hydrogen (secondary N) is 1. The van der Waals surface area contributed by atoms with Crippen LogP contribution in [-0.2, 0) is 29.0 Å². The Bertz CT molecular complexity index is 834. The summed E-state index contributed by atoms with van der Waals surface area (Å²) >= 11 is 0. The minimum absolute atomic E-state index is 0.0856. The minimum Gasteiger partial charge on any atom is -0.466 e. The van der Waals surface area contributed by atoms with Crippen LogP contribution < -0.4 is 5.32 Å². The summed E-state index contributed by atoms with van der Waals surface area (Å²) in [6.07, 6.45) is 7.82. The summed E-state index contributed by atoms with van der Waals surface area (Å²) in [5.74, 6) is 1.62. The number of carbonyl (C=O) groups excluding carboxylic acids is 1. The molecule has 0 amide bonds. The van der Waals surface area contributed by atoms with Crippen LogP contribution in [0.4, 0.5) is 0 Å². The molecule has 0 spiro atoms. The number of ether oxygens (including phenoxy) is 1. The highest BCUT2D eigenvalue weighted by atomic mass is 16.5. The number of carbonyl (C=O) groups is 1. The van der Waals surface area contributed by atoms with E-state index in [0.717, 1.165) is 57.1 Å². The number of hydrogen-bond acceptors (Lipinski definition) is 4. The third kappa shape index (κ3) is 6.84. The molecule has 1 atom stereocenters. The highest BCUT2D eigenvalue weighted by molar-refractivity contribution is 5.81. The van der Waals surface area contributed by atoms with E-state index in [0.29, 0.717) is 19.7 Å². The molecule has 1 aliphatic heterocycles. The number of imidazole rings is 1. The predicted octanol–water partition coefficient (Wildman–Crippen LogP) is 3.26. The van der Waals surface area contributed by atoms with E-state index in [-0.39, 0.29) is 11.9 Å². The van der Waals surface area contributed by atoms with E-state index in [1.54, 1.807) is 0 Å². The molecule has 0 bridgehead atoms. The molecule has 31 heavy (non-hydrogen) atoms. The third-order valence-corrected chi connectivity index (χ3v) is 5.55. The van der Waals surface area contributed by atoms with Gasteiger partial charge in [-0.2, -0.15) is 0 Å². The molecule has 1 aromatic heterocycles. The molecule has 1 saturated heterocycles. The van der Waals surface area contributed by atoms with Crippen molar-refractivity contribution >= 4 is 11.9 Å². The molecular formula is C24H35N5O2. The van der Waals surface area contributed by atoms with Crippen LogP contribution in [0.25, 0.3) is 0 Å². The van der Waals surface area contributed by atoms with E-state index < -0.39 is 0 Å². The van der Waals surface area contributed by atoms with E-state index in [4.69, 9.17) is 9.73 Å². The van der Waals surface area contributed by atoms with Crippen molar-refractivity contribution in [1.82, 2.24) is 19.8 Å².